The number of rotatable bonds is 2. The molecule has 2 aliphatic heterocycles. The van der Waals surface area contributed by atoms with Crippen molar-refractivity contribution in [1.29, 1.82) is 0 Å². The van der Waals surface area contributed by atoms with Crippen LogP contribution in [0.2, 0.25) is 0 Å². The van der Waals surface area contributed by atoms with Crippen LogP contribution in [0, 0.1) is 6.92 Å². The van der Waals surface area contributed by atoms with E-state index in [1.165, 1.54) is 24.2 Å². The molecule has 3 heterocycles. The molecule has 1 atom stereocenters. The first-order valence-electron chi connectivity index (χ1n) is 6.98. The lowest BCUT2D eigenvalue weighted by molar-refractivity contribution is 0.0851. The second kappa shape index (κ2) is 5.68. The summed E-state index contributed by atoms with van der Waals surface area (Å²) in [6, 6.07) is 2.15. The Morgan fingerprint density at radius 1 is 1.30 bits per heavy atom. The van der Waals surface area contributed by atoms with Gasteiger partial charge in [-0.1, -0.05) is 6.42 Å². The van der Waals surface area contributed by atoms with Crippen molar-refractivity contribution in [1.82, 2.24) is 9.21 Å². The van der Waals surface area contributed by atoms with Crippen molar-refractivity contribution in [3.63, 3.8) is 0 Å². The van der Waals surface area contributed by atoms with Gasteiger partial charge >= 0.3 is 0 Å². The Bertz CT molecular complexity index is 600. The predicted molar refractivity (Wildman–Crippen MR) is 84.7 cm³/mol. The molecule has 0 radical (unpaired) electrons. The van der Waals surface area contributed by atoms with Crippen LogP contribution in [0.5, 0.6) is 0 Å². The molecule has 7 heteroatoms. The molecule has 0 amide bonds. The molecular weight excluding hydrogens is 360 g/mol. The van der Waals surface area contributed by atoms with E-state index < -0.39 is 10.0 Å². The number of piperidine rings is 1. The molecule has 1 aromatic rings. The van der Waals surface area contributed by atoms with Gasteiger partial charge in [-0.2, -0.15) is 4.31 Å². The molecule has 0 aliphatic carbocycles. The minimum absolute atomic E-state index is 0.412. The van der Waals surface area contributed by atoms with Crippen molar-refractivity contribution in [2.45, 2.75) is 37.1 Å². The van der Waals surface area contributed by atoms with E-state index in [1.807, 2.05) is 6.92 Å². The van der Waals surface area contributed by atoms with Crippen LogP contribution in [-0.4, -0.2) is 49.8 Å². The normalized spacial score (nSPS) is 25.6. The number of hydrogen-bond donors (Lipinski definition) is 0. The van der Waals surface area contributed by atoms with Gasteiger partial charge in [0, 0.05) is 30.6 Å². The third-order valence-corrected chi connectivity index (χ3v) is 7.93. The highest BCUT2D eigenvalue weighted by molar-refractivity contribution is 9.11. The summed E-state index contributed by atoms with van der Waals surface area (Å²) < 4.78 is 28.1. The molecule has 0 N–H and O–H groups in total. The molecule has 0 spiro atoms. The SMILES string of the molecule is Cc1sc(Br)cc1S(=O)(=O)N1CCN2CCCCC2C1. The molecule has 2 aliphatic rings. The zero-order valence-electron chi connectivity index (χ0n) is 11.5. The summed E-state index contributed by atoms with van der Waals surface area (Å²) in [6.45, 7) is 5.13. The Morgan fingerprint density at radius 2 is 2.10 bits per heavy atom. The average Bonchev–Trinajstić information content (AvgIpc) is 2.78. The van der Waals surface area contributed by atoms with Gasteiger partial charge in [0.2, 0.25) is 10.0 Å². The highest BCUT2D eigenvalue weighted by atomic mass is 79.9. The summed E-state index contributed by atoms with van der Waals surface area (Å²) in [7, 11) is -3.34. The van der Waals surface area contributed by atoms with E-state index in [1.54, 1.807) is 10.4 Å². The maximum Gasteiger partial charge on any atom is 0.244 e. The van der Waals surface area contributed by atoms with Crippen LogP contribution in [0.15, 0.2) is 14.7 Å². The molecule has 20 heavy (non-hydrogen) atoms. The summed E-state index contributed by atoms with van der Waals surface area (Å²) in [6.07, 6.45) is 3.59. The minimum atomic E-state index is -3.34. The molecule has 0 saturated carbocycles. The second-order valence-corrected chi connectivity index (χ2v) is 10.1. The fourth-order valence-corrected chi connectivity index (χ4v) is 7.02. The number of piperazine rings is 1. The van der Waals surface area contributed by atoms with Crippen LogP contribution in [-0.2, 0) is 10.0 Å². The van der Waals surface area contributed by atoms with Gasteiger partial charge in [0.05, 0.1) is 8.68 Å². The lowest BCUT2D eigenvalue weighted by atomic mass is 10.0. The maximum absolute atomic E-state index is 12.8. The summed E-state index contributed by atoms with van der Waals surface area (Å²) in [4.78, 5) is 3.79. The van der Waals surface area contributed by atoms with E-state index in [0.29, 0.717) is 24.0 Å². The van der Waals surface area contributed by atoms with Crippen LogP contribution in [0.1, 0.15) is 24.1 Å². The molecule has 4 nitrogen and oxygen atoms in total. The molecule has 112 valence electrons. The third kappa shape index (κ3) is 2.70. The summed E-state index contributed by atoms with van der Waals surface area (Å²) >= 11 is 4.87. The number of aryl methyl sites for hydroxylation is 1. The molecular formula is C13H19BrN2O2S2. The van der Waals surface area contributed by atoms with Crippen LogP contribution in [0.4, 0.5) is 0 Å². The Hall–Kier alpha value is 0.0500. The predicted octanol–water partition coefficient (Wildman–Crippen LogP) is 2.68. The molecule has 1 aromatic heterocycles. The van der Waals surface area contributed by atoms with Crippen molar-refractivity contribution in [3.8, 4) is 0 Å². The van der Waals surface area contributed by atoms with Crippen molar-refractivity contribution in [2.75, 3.05) is 26.2 Å². The number of hydrogen-bond acceptors (Lipinski definition) is 4. The highest BCUT2D eigenvalue weighted by Crippen LogP contribution is 2.33. The minimum Gasteiger partial charge on any atom is -0.298 e. The van der Waals surface area contributed by atoms with Crippen LogP contribution < -0.4 is 0 Å². The van der Waals surface area contributed by atoms with E-state index in [9.17, 15) is 8.42 Å². The van der Waals surface area contributed by atoms with Crippen molar-refractivity contribution >= 4 is 37.3 Å². The largest absolute Gasteiger partial charge is 0.298 e. The lowest BCUT2D eigenvalue weighted by Gasteiger charge is -2.43. The van der Waals surface area contributed by atoms with E-state index in [-0.39, 0.29) is 0 Å². The van der Waals surface area contributed by atoms with Gasteiger partial charge in [0.1, 0.15) is 0 Å². The van der Waals surface area contributed by atoms with E-state index in [0.717, 1.165) is 28.2 Å². The summed E-state index contributed by atoms with van der Waals surface area (Å²) in [5.41, 5.74) is 0. The monoisotopic (exact) mass is 378 g/mol. The van der Waals surface area contributed by atoms with Crippen molar-refractivity contribution in [3.05, 3.63) is 14.7 Å². The smallest absolute Gasteiger partial charge is 0.244 e. The number of nitrogens with zero attached hydrogens (tertiary/aromatic N) is 2. The fraction of sp³-hybridized carbons (Fsp3) is 0.692. The number of sulfonamides is 1. The third-order valence-electron chi connectivity index (χ3n) is 4.26. The molecule has 0 bridgehead atoms. The first kappa shape index (κ1) is 15.0. The first-order valence-corrected chi connectivity index (χ1v) is 10.0. The Kier molecular flexibility index (Phi) is 4.25. The summed E-state index contributed by atoms with van der Waals surface area (Å²) in [5, 5.41) is 0. The van der Waals surface area contributed by atoms with E-state index in [4.69, 9.17) is 0 Å². The molecule has 2 fully saturated rings. The zero-order valence-corrected chi connectivity index (χ0v) is 14.7. The Morgan fingerprint density at radius 3 is 2.80 bits per heavy atom. The van der Waals surface area contributed by atoms with E-state index in [2.05, 4.69) is 20.8 Å². The fourth-order valence-electron chi connectivity index (χ4n) is 3.17. The zero-order chi connectivity index (χ0) is 14.3. The second-order valence-electron chi connectivity index (χ2n) is 5.52. The Balaban J connectivity index is 1.83. The number of fused-ring (bicyclic) bond motifs is 1. The van der Waals surface area contributed by atoms with Crippen LogP contribution >= 0.6 is 27.3 Å². The average molecular weight is 379 g/mol. The van der Waals surface area contributed by atoms with Gasteiger partial charge in [0.15, 0.2) is 0 Å². The van der Waals surface area contributed by atoms with E-state index >= 15 is 0 Å². The number of thiophene rings is 1. The lowest BCUT2D eigenvalue weighted by Crippen LogP contribution is -2.56. The van der Waals surface area contributed by atoms with Gasteiger partial charge in [-0.25, -0.2) is 8.42 Å². The maximum atomic E-state index is 12.8. The molecule has 1 unspecified atom stereocenters. The van der Waals surface area contributed by atoms with Gasteiger partial charge in [-0.3, -0.25) is 4.90 Å². The van der Waals surface area contributed by atoms with Crippen molar-refractivity contribution < 1.29 is 8.42 Å². The van der Waals surface area contributed by atoms with Gasteiger partial charge < -0.3 is 0 Å². The first-order chi connectivity index (χ1) is 9.48. The van der Waals surface area contributed by atoms with Gasteiger partial charge in [0.25, 0.3) is 0 Å². The summed E-state index contributed by atoms with van der Waals surface area (Å²) in [5.74, 6) is 0. The topological polar surface area (TPSA) is 40.6 Å². The highest BCUT2D eigenvalue weighted by Gasteiger charge is 2.36. The van der Waals surface area contributed by atoms with Gasteiger partial charge in [-0.15, -0.1) is 11.3 Å². The van der Waals surface area contributed by atoms with Crippen LogP contribution in [0.25, 0.3) is 0 Å². The molecule has 2 saturated heterocycles. The van der Waals surface area contributed by atoms with Crippen molar-refractivity contribution in [2.24, 2.45) is 0 Å². The molecule has 0 aromatic carbocycles. The number of halogens is 1. The standard InChI is InChI=1S/C13H19BrN2O2S2/c1-10-12(8-13(14)19-10)20(17,18)16-7-6-15-5-3-2-4-11(15)9-16/h8,11H,2-7,9H2,1H3. The van der Waals surface area contributed by atoms with Gasteiger partial charge in [-0.05, 0) is 48.3 Å². The molecule has 3 rings (SSSR count). The quantitative estimate of drug-likeness (QED) is 0.793. The Labute approximate surface area is 132 Å². The van der Waals surface area contributed by atoms with Crippen LogP contribution in [0.3, 0.4) is 0 Å².